The highest BCUT2D eigenvalue weighted by Crippen LogP contribution is 2.13. The summed E-state index contributed by atoms with van der Waals surface area (Å²) in [6.07, 6.45) is 0.438. The molecule has 0 spiro atoms. The van der Waals surface area contributed by atoms with Gasteiger partial charge in [0.05, 0.1) is 5.57 Å². The SMILES string of the molecule is C=C(C)C(=O)OC(CC)=C(C)C(=O)OCCN(C)C.CN(C)C. The van der Waals surface area contributed by atoms with E-state index in [1.807, 2.05) is 45.0 Å². The molecule has 0 aliphatic heterocycles. The molecule has 134 valence electrons. The topological polar surface area (TPSA) is 59.1 Å². The van der Waals surface area contributed by atoms with Crippen molar-refractivity contribution in [2.75, 3.05) is 48.4 Å². The largest absolute Gasteiger partial charge is 0.461 e. The molecule has 0 atom stereocenters. The summed E-state index contributed by atoms with van der Waals surface area (Å²) in [5.74, 6) is -0.673. The van der Waals surface area contributed by atoms with Gasteiger partial charge in [0.2, 0.25) is 0 Å². The van der Waals surface area contributed by atoms with Crippen LogP contribution in [-0.2, 0) is 19.1 Å². The number of carbonyl (C=O) groups is 2. The first-order chi connectivity index (χ1) is 10.5. The van der Waals surface area contributed by atoms with Crippen molar-refractivity contribution >= 4 is 11.9 Å². The third-order valence-corrected chi connectivity index (χ3v) is 2.38. The lowest BCUT2D eigenvalue weighted by molar-refractivity contribution is -0.140. The molecule has 23 heavy (non-hydrogen) atoms. The third kappa shape index (κ3) is 13.7. The van der Waals surface area contributed by atoms with Gasteiger partial charge in [0.1, 0.15) is 12.4 Å². The van der Waals surface area contributed by atoms with Crippen molar-refractivity contribution in [3.8, 4) is 0 Å². The van der Waals surface area contributed by atoms with Crippen molar-refractivity contribution in [2.45, 2.75) is 27.2 Å². The summed E-state index contributed by atoms with van der Waals surface area (Å²) < 4.78 is 10.2. The summed E-state index contributed by atoms with van der Waals surface area (Å²) in [5, 5.41) is 0. The quantitative estimate of drug-likeness (QED) is 0.405. The third-order valence-electron chi connectivity index (χ3n) is 2.38. The number of allylic oxidation sites excluding steroid dienone is 1. The van der Waals surface area contributed by atoms with Gasteiger partial charge < -0.3 is 19.3 Å². The van der Waals surface area contributed by atoms with E-state index in [4.69, 9.17) is 9.47 Å². The Kier molecular flexibility index (Phi) is 13.2. The summed E-state index contributed by atoms with van der Waals surface area (Å²) in [6, 6.07) is 0. The molecule has 0 amide bonds. The predicted molar refractivity (Wildman–Crippen MR) is 93.0 cm³/mol. The molecule has 0 saturated heterocycles. The van der Waals surface area contributed by atoms with Crippen LogP contribution >= 0.6 is 0 Å². The van der Waals surface area contributed by atoms with E-state index in [1.165, 1.54) is 0 Å². The maximum Gasteiger partial charge on any atom is 0.338 e. The Morgan fingerprint density at radius 3 is 1.83 bits per heavy atom. The van der Waals surface area contributed by atoms with Gasteiger partial charge in [-0.25, -0.2) is 9.59 Å². The monoisotopic (exact) mass is 328 g/mol. The first-order valence-corrected chi connectivity index (χ1v) is 7.53. The second kappa shape index (κ2) is 12.8. The summed E-state index contributed by atoms with van der Waals surface area (Å²) in [7, 11) is 9.78. The van der Waals surface area contributed by atoms with Gasteiger partial charge in [-0.15, -0.1) is 0 Å². The fourth-order valence-corrected chi connectivity index (χ4v) is 1.16. The molecule has 0 fully saturated rings. The fourth-order valence-electron chi connectivity index (χ4n) is 1.16. The van der Waals surface area contributed by atoms with Crippen LogP contribution in [0.3, 0.4) is 0 Å². The van der Waals surface area contributed by atoms with Crippen LogP contribution in [0.15, 0.2) is 23.5 Å². The molecule has 0 aliphatic carbocycles. The Bertz CT molecular complexity index is 424. The van der Waals surface area contributed by atoms with E-state index in [2.05, 4.69) is 6.58 Å². The Morgan fingerprint density at radius 2 is 1.48 bits per heavy atom. The minimum absolute atomic E-state index is 0.291. The second-order valence-electron chi connectivity index (χ2n) is 5.85. The van der Waals surface area contributed by atoms with Gasteiger partial charge >= 0.3 is 11.9 Å². The number of nitrogens with zero attached hydrogens (tertiary/aromatic N) is 2. The molecule has 0 saturated carbocycles. The Hall–Kier alpha value is -1.66. The van der Waals surface area contributed by atoms with Crippen LogP contribution in [0.4, 0.5) is 0 Å². The van der Waals surface area contributed by atoms with Crippen molar-refractivity contribution < 1.29 is 19.1 Å². The van der Waals surface area contributed by atoms with E-state index >= 15 is 0 Å². The fraction of sp³-hybridized carbons (Fsp3) is 0.647. The second-order valence-corrected chi connectivity index (χ2v) is 5.85. The van der Waals surface area contributed by atoms with Crippen LogP contribution in [0.1, 0.15) is 27.2 Å². The number of likely N-dealkylation sites (N-methyl/N-ethyl adjacent to an activating group) is 1. The van der Waals surface area contributed by atoms with Crippen molar-refractivity contribution in [3.63, 3.8) is 0 Å². The molecule has 0 heterocycles. The van der Waals surface area contributed by atoms with Gasteiger partial charge in [0.15, 0.2) is 0 Å². The summed E-state index contributed by atoms with van der Waals surface area (Å²) >= 11 is 0. The lowest BCUT2D eigenvalue weighted by Crippen LogP contribution is -2.21. The molecule has 0 radical (unpaired) electrons. The Labute approximate surface area is 140 Å². The number of ether oxygens (including phenoxy) is 2. The van der Waals surface area contributed by atoms with E-state index in [0.717, 1.165) is 0 Å². The highest BCUT2D eigenvalue weighted by atomic mass is 16.5. The molecule has 0 rings (SSSR count). The summed E-state index contributed by atoms with van der Waals surface area (Å²) in [5.41, 5.74) is 0.607. The molecule has 0 aromatic rings. The molecular weight excluding hydrogens is 296 g/mol. The van der Waals surface area contributed by atoms with Crippen LogP contribution < -0.4 is 0 Å². The molecule has 0 N–H and O–H groups in total. The zero-order valence-corrected chi connectivity index (χ0v) is 15.9. The molecule has 0 bridgehead atoms. The summed E-state index contributed by atoms with van der Waals surface area (Å²) in [4.78, 5) is 27.1. The van der Waals surface area contributed by atoms with Crippen LogP contribution in [-0.4, -0.2) is 70.1 Å². The van der Waals surface area contributed by atoms with E-state index in [-0.39, 0.29) is 0 Å². The van der Waals surface area contributed by atoms with E-state index in [9.17, 15) is 9.59 Å². The molecule has 0 aromatic carbocycles. The number of carbonyl (C=O) groups excluding carboxylic acids is 2. The number of hydrogen-bond acceptors (Lipinski definition) is 6. The minimum Gasteiger partial charge on any atom is -0.461 e. The van der Waals surface area contributed by atoms with Crippen molar-refractivity contribution in [2.24, 2.45) is 0 Å². The minimum atomic E-state index is -0.530. The lowest BCUT2D eigenvalue weighted by atomic mass is 10.2. The first-order valence-electron chi connectivity index (χ1n) is 7.53. The number of esters is 2. The molecule has 0 unspecified atom stereocenters. The van der Waals surface area contributed by atoms with Gasteiger partial charge in [0.25, 0.3) is 0 Å². The average Bonchev–Trinajstić information content (AvgIpc) is 2.42. The molecule has 6 heteroatoms. The van der Waals surface area contributed by atoms with Crippen LogP contribution in [0.25, 0.3) is 0 Å². The molecular formula is C17H32N2O4. The van der Waals surface area contributed by atoms with E-state index in [1.54, 1.807) is 20.8 Å². The molecule has 0 aliphatic rings. The predicted octanol–water partition coefficient (Wildman–Crippen LogP) is 2.07. The number of rotatable bonds is 7. The Balaban J connectivity index is 0. The van der Waals surface area contributed by atoms with Crippen LogP contribution in [0.2, 0.25) is 0 Å². The first kappa shape index (κ1) is 23.6. The van der Waals surface area contributed by atoms with Gasteiger partial charge in [-0.2, -0.15) is 0 Å². The van der Waals surface area contributed by atoms with Gasteiger partial charge in [-0.3, -0.25) is 0 Å². The van der Waals surface area contributed by atoms with E-state index in [0.29, 0.717) is 36.5 Å². The normalized spacial score (nSPS) is 11.4. The lowest BCUT2D eigenvalue weighted by Gasteiger charge is -2.12. The Morgan fingerprint density at radius 1 is 1.00 bits per heavy atom. The zero-order valence-electron chi connectivity index (χ0n) is 15.9. The zero-order chi connectivity index (χ0) is 18.6. The van der Waals surface area contributed by atoms with Crippen molar-refractivity contribution in [3.05, 3.63) is 23.5 Å². The highest BCUT2D eigenvalue weighted by Gasteiger charge is 2.15. The maximum atomic E-state index is 11.8. The number of hydrogen-bond donors (Lipinski definition) is 0. The maximum absolute atomic E-state index is 11.8. The van der Waals surface area contributed by atoms with Gasteiger partial charge in [-0.05, 0) is 49.1 Å². The highest BCUT2D eigenvalue weighted by molar-refractivity contribution is 5.91. The van der Waals surface area contributed by atoms with Crippen molar-refractivity contribution in [1.29, 1.82) is 0 Å². The average molecular weight is 328 g/mol. The molecule has 6 nitrogen and oxygen atoms in total. The standard InChI is InChI=1S/C14H23NO4.C3H9N/c1-7-12(19-13(16)10(2)3)11(4)14(17)18-9-8-15(5)6;1-4(2)3/h2,7-9H2,1,3-6H3;1-3H3. The van der Waals surface area contributed by atoms with Crippen molar-refractivity contribution in [1.82, 2.24) is 9.80 Å². The van der Waals surface area contributed by atoms with Crippen LogP contribution in [0.5, 0.6) is 0 Å². The van der Waals surface area contributed by atoms with Crippen LogP contribution in [0, 0.1) is 0 Å². The van der Waals surface area contributed by atoms with Gasteiger partial charge in [0, 0.05) is 18.5 Å². The molecule has 0 aromatic heterocycles. The van der Waals surface area contributed by atoms with E-state index < -0.39 is 11.9 Å². The summed E-state index contributed by atoms with van der Waals surface area (Å²) in [6.45, 7) is 9.39. The smallest absolute Gasteiger partial charge is 0.338 e. The van der Waals surface area contributed by atoms with Gasteiger partial charge in [-0.1, -0.05) is 13.5 Å².